The van der Waals surface area contributed by atoms with E-state index in [9.17, 15) is 23.2 Å². The van der Waals surface area contributed by atoms with Crippen LogP contribution in [-0.2, 0) is 14.4 Å². The smallest absolute Gasteiger partial charge is 0.414 e. The highest BCUT2D eigenvalue weighted by Gasteiger charge is 2.34. The third-order valence-electron chi connectivity index (χ3n) is 5.79. The van der Waals surface area contributed by atoms with Crippen LogP contribution in [0.3, 0.4) is 0 Å². The molecule has 1 aromatic heterocycles. The Bertz CT molecular complexity index is 1110. The second kappa shape index (κ2) is 10.9. The van der Waals surface area contributed by atoms with Gasteiger partial charge in [0.1, 0.15) is 11.8 Å². The van der Waals surface area contributed by atoms with Crippen LogP contribution < -0.4 is 9.80 Å². The SMILES string of the molecule is O=C(CC[C@H]1CN(c2cc(F)c(N3CCON(C(=O)c4ccncc4)CC3)c(F)c2)C(=O)O1)C(F)F. The summed E-state index contributed by atoms with van der Waals surface area (Å²) in [5.41, 5.74) is -0.0938. The van der Waals surface area contributed by atoms with Crippen molar-refractivity contribution in [3.63, 3.8) is 0 Å². The molecular formula is C23H22F4N4O5. The molecule has 0 aliphatic carbocycles. The number of amides is 2. The summed E-state index contributed by atoms with van der Waals surface area (Å²) < 4.78 is 59.9. The molecule has 0 unspecified atom stereocenters. The number of carbonyl (C=O) groups is 3. The van der Waals surface area contributed by atoms with E-state index in [4.69, 9.17) is 9.57 Å². The maximum Gasteiger partial charge on any atom is 0.414 e. The molecule has 0 bridgehead atoms. The van der Waals surface area contributed by atoms with Crippen molar-refractivity contribution in [1.29, 1.82) is 0 Å². The Labute approximate surface area is 203 Å². The van der Waals surface area contributed by atoms with Crippen LogP contribution in [0.4, 0.5) is 33.7 Å². The first-order valence-electron chi connectivity index (χ1n) is 11.1. The number of halogens is 4. The number of alkyl halides is 2. The third kappa shape index (κ3) is 5.56. The first-order valence-corrected chi connectivity index (χ1v) is 11.1. The molecule has 36 heavy (non-hydrogen) atoms. The van der Waals surface area contributed by atoms with Crippen LogP contribution >= 0.6 is 0 Å². The van der Waals surface area contributed by atoms with Gasteiger partial charge in [0.2, 0.25) is 0 Å². The highest BCUT2D eigenvalue weighted by atomic mass is 19.3. The summed E-state index contributed by atoms with van der Waals surface area (Å²) in [7, 11) is 0. The number of ether oxygens (including phenoxy) is 1. The largest absolute Gasteiger partial charge is 0.444 e. The Morgan fingerprint density at radius 2 is 1.78 bits per heavy atom. The van der Waals surface area contributed by atoms with E-state index in [1.807, 2.05) is 0 Å². The molecule has 2 aromatic rings. The molecule has 0 spiro atoms. The van der Waals surface area contributed by atoms with Crippen molar-refractivity contribution in [2.75, 3.05) is 42.6 Å². The molecule has 192 valence electrons. The van der Waals surface area contributed by atoms with Crippen molar-refractivity contribution in [3.05, 3.63) is 53.9 Å². The van der Waals surface area contributed by atoms with Crippen LogP contribution in [0.25, 0.3) is 0 Å². The zero-order chi connectivity index (χ0) is 25.8. The van der Waals surface area contributed by atoms with Crippen molar-refractivity contribution < 1.29 is 41.5 Å². The van der Waals surface area contributed by atoms with E-state index < -0.39 is 48.4 Å². The molecule has 2 amide bonds. The highest BCUT2D eigenvalue weighted by molar-refractivity contribution is 5.93. The number of pyridine rings is 1. The average molecular weight is 510 g/mol. The molecule has 9 nitrogen and oxygen atoms in total. The number of ketones is 1. The fourth-order valence-electron chi connectivity index (χ4n) is 3.98. The van der Waals surface area contributed by atoms with Gasteiger partial charge in [-0.25, -0.2) is 27.4 Å². The molecule has 2 aliphatic rings. The molecule has 0 N–H and O–H groups in total. The number of hydroxylamine groups is 2. The Hall–Kier alpha value is -3.74. The first-order chi connectivity index (χ1) is 17.2. The van der Waals surface area contributed by atoms with Gasteiger partial charge in [0, 0.05) is 49.6 Å². The number of carbonyl (C=O) groups excluding carboxylic acids is 3. The minimum absolute atomic E-state index is 0.00504. The van der Waals surface area contributed by atoms with E-state index in [2.05, 4.69) is 4.98 Å². The monoisotopic (exact) mass is 510 g/mol. The number of hydrogen-bond donors (Lipinski definition) is 0. The van der Waals surface area contributed by atoms with Gasteiger partial charge in [-0.05, 0) is 18.6 Å². The quantitative estimate of drug-likeness (QED) is 0.529. The molecule has 2 aliphatic heterocycles. The molecule has 2 saturated heterocycles. The van der Waals surface area contributed by atoms with Crippen molar-refractivity contribution in [1.82, 2.24) is 10.0 Å². The number of anilines is 2. The summed E-state index contributed by atoms with van der Waals surface area (Å²) in [5, 5.41) is 1.12. The van der Waals surface area contributed by atoms with E-state index in [-0.39, 0.29) is 50.6 Å². The number of hydrogen-bond acceptors (Lipinski definition) is 7. The lowest BCUT2D eigenvalue weighted by Crippen LogP contribution is -2.35. The van der Waals surface area contributed by atoms with Crippen molar-refractivity contribution in [2.24, 2.45) is 0 Å². The summed E-state index contributed by atoms with van der Waals surface area (Å²) in [6.07, 6.45) is -2.56. The van der Waals surface area contributed by atoms with E-state index >= 15 is 8.78 Å². The summed E-state index contributed by atoms with van der Waals surface area (Å²) in [6, 6.07) is 4.99. The van der Waals surface area contributed by atoms with Crippen LogP contribution in [0.1, 0.15) is 23.2 Å². The molecule has 0 saturated carbocycles. The average Bonchev–Trinajstić information content (AvgIpc) is 3.06. The van der Waals surface area contributed by atoms with E-state index in [1.54, 1.807) is 0 Å². The van der Waals surface area contributed by atoms with Crippen molar-refractivity contribution >= 4 is 29.2 Å². The lowest BCUT2D eigenvalue weighted by molar-refractivity contribution is -0.129. The van der Waals surface area contributed by atoms with Crippen LogP contribution in [0.15, 0.2) is 36.7 Å². The number of nitrogens with zero attached hydrogens (tertiary/aromatic N) is 4. The van der Waals surface area contributed by atoms with Crippen LogP contribution in [-0.4, -0.2) is 73.1 Å². The van der Waals surface area contributed by atoms with Crippen LogP contribution in [0, 0.1) is 11.6 Å². The standard InChI is InChI=1S/C23H22F4N4O5/c24-17-11-15(30-13-16(36-23(30)34)1-2-19(32)21(26)27)12-18(25)20(17)29-7-8-31(35-10-9-29)22(33)14-3-5-28-6-4-14/h3-6,11-12,16,21H,1-2,7-10,13H2/t16-/m0/s1. The Balaban J connectivity index is 1.43. The maximum atomic E-state index is 15.1. The minimum Gasteiger partial charge on any atom is -0.444 e. The van der Waals surface area contributed by atoms with Gasteiger partial charge >= 0.3 is 6.09 Å². The van der Waals surface area contributed by atoms with Gasteiger partial charge in [0.05, 0.1) is 25.4 Å². The molecule has 1 aromatic carbocycles. The predicted octanol–water partition coefficient (Wildman–Crippen LogP) is 3.19. The van der Waals surface area contributed by atoms with E-state index in [1.165, 1.54) is 29.4 Å². The summed E-state index contributed by atoms with van der Waals surface area (Å²) in [5.74, 6) is -3.56. The lowest BCUT2D eigenvalue weighted by Gasteiger charge is -2.24. The van der Waals surface area contributed by atoms with Gasteiger partial charge in [-0.15, -0.1) is 0 Å². The van der Waals surface area contributed by atoms with Crippen LogP contribution in [0.2, 0.25) is 0 Å². The summed E-state index contributed by atoms with van der Waals surface area (Å²) in [6.45, 7) is 0.0701. The van der Waals surface area contributed by atoms with Gasteiger partial charge in [0.25, 0.3) is 12.3 Å². The molecule has 4 rings (SSSR count). The Morgan fingerprint density at radius 3 is 2.44 bits per heavy atom. The first kappa shape index (κ1) is 25.4. The number of rotatable bonds is 7. The minimum atomic E-state index is -3.11. The van der Waals surface area contributed by atoms with E-state index in [0.717, 1.165) is 22.1 Å². The molecular weight excluding hydrogens is 488 g/mol. The predicted molar refractivity (Wildman–Crippen MR) is 118 cm³/mol. The number of Topliss-reactive ketones (excluding diaryl/α,β-unsaturated/α-hetero) is 1. The fourth-order valence-corrected chi connectivity index (χ4v) is 3.98. The molecule has 0 radical (unpaired) electrons. The summed E-state index contributed by atoms with van der Waals surface area (Å²) >= 11 is 0. The molecule has 1 atom stereocenters. The Morgan fingerprint density at radius 1 is 1.08 bits per heavy atom. The van der Waals surface area contributed by atoms with Gasteiger partial charge in [-0.1, -0.05) is 0 Å². The number of benzene rings is 1. The van der Waals surface area contributed by atoms with Crippen molar-refractivity contribution in [2.45, 2.75) is 25.4 Å². The van der Waals surface area contributed by atoms with E-state index in [0.29, 0.717) is 5.56 Å². The second-order valence-corrected chi connectivity index (χ2v) is 8.14. The lowest BCUT2D eigenvalue weighted by atomic mass is 10.1. The van der Waals surface area contributed by atoms with Crippen molar-refractivity contribution in [3.8, 4) is 0 Å². The highest BCUT2D eigenvalue weighted by Crippen LogP contribution is 2.32. The zero-order valence-corrected chi connectivity index (χ0v) is 18.9. The number of aromatic nitrogens is 1. The third-order valence-corrected chi connectivity index (χ3v) is 5.79. The van der Waals surface area contributed by atoms with Crippen LogP contribution in [0.5, 0.6) is 0 Å². The molecule has 3 heterocycles. The normalized spacial score (nSPS) is 18.4. The molecule has 13 heteroatoms. The zero-order valence-electron chi connectivity index (χ0n) is 18.9. The van der Waals surface area contributed by atoms with Gasteiger partial charge in [-0.2, -0.15) is 0 Å². The summed E-state index contributed by atoms with van der Waals surface area (Å²) in [4.78, 5) is 47.6. The van der Waals surface area contributed by atoms with Gasteiger partial charge < -0.3 is 9.64 Å². The second-order valence-electron chi connectivity index (χ2n) is 8.14. The van der Waals surface area contributed by atoms with Gasteiger partial charge in [0.15, 0.2) is 17.4 Å². The Kier molecular flexibility index (Phi) is 7.67. The topological polar surface area (TPSA) is 92.3 Å². The maximum absolute atomic E-state index is 15.1. The fraction of sp³-hybridized carbons (Fsp3) is 0.391. The molecule has 2 fully saturated rings. The number of cyclic esters (lactones) is 1. The van der Waals surface area contributed by atoms with Gasteiger partial charge in [-0.3, -0.25) is 24.3 Å².